The van der Waals surface area contributed by atoms with Crippen molar-refractivity contribution in [3.8, 4) is 5.75 Å². The monoisotopic (exact) mass is 337 g/mol. The van der Waals surface area contributed by atoms with Gasteiger partial charge in [0.2, 0.25) is 5.79 Å². The van der Waals surface area contributed by atoms with Crippen LogP contribution in [0.3, 0.4) is 0 Å². The Balaban J connectivity index is 0.000000224. The Morgan fingerprint density at radius 1 is 1.29 bits per heavy atom. The molecule has 2 fully saturated rings. The van der Waals surface area contributed by atoms with Crippen LogP contribution < -0.4 is 10.1 Å². The fourth-order valence-electron chi connectivity index (χ4n) is 2.49. The van der Waals surface area contributed by atoms with Gasteiger partial charge in [0.1, 0.15) is 5.75 Å². The molecule has 130 valence electrons. The third kappa shape index (κ3) is 4.31. The van der Waals surface area contributed by atoms with Gasteiger partial charge >= 0.3 is 11.9 Å². The second-order valence-corrected chi connectivity index (χ2v) is 5.14. The number of para-hydroxylation sites is 1. The molecule has 0 saturated carbocycles. The number of fused-ring (bicyclic) bond motifs is 2. The molecule has 2 bridgehead atoms. The van der Waals surface area contributed by atoms with Crippen LogP contribution in [0.15, 0.2) is 36.4 Å². The van der Waals surface area contributed by atoms with Crippen molar-refractivity contribution < 1.29 is 34.0 Å². The maximum atomic E-state index is 9.55. The van der Waals surface area contributed by atoms with Gasteiger partial charge in [0.05, 0.1) is 31.9 Å². The minimum atomic E-state index is -1.26. The Kier molecular flexibility index (Phi) is 5.91. The number of benzene rings is 1. The van der Waals surface area contributed by atoms with Crippen LogP contribution >= 0.6 is 0 Å². The topological polar surface area (TPSA) is 114 Å². The fourth-order valence-corrected chi connectivity index (χ4v) is 2.49. The van der Waals surface area contributed by atoms with Gasteiger partial charge in [-0.05, 0) is 12.1 Å². The van der Waals surface area contributed by atoms with Crippen LogP contribution in [-0.2, 0) is 24.8 Å². The first-order valence-corrected chi connectivity index (χ1v) is 7.27. The van der Waals surface area contributed by atoms with Crippen molar-refractivity contribution in [1.29, 1.82) is 0 Å². The molecule has 2 aliphatic rings. The van der Waals surface area contributed by atoms with Crippen molar-refractivity contribution >= 4 is 11.9 Å². The molecule has 0 aromatic heterocycles. The Labute approximate surface area is 138 Å². The lowest BCUT2D eigenvalue weighted by atomic mass is 10.0. The molecule has 24 heavy (non-hydrogen) atoms. The highest BCUT2D eigenvalue weighted by atomic mass is 16.7. The summed E-state index contributed by atoms with van der Waals surface area (Å²) >= 11 is 0. The molecule has 1 aromatic carbocycles. The van der Waals surface area contributed by atoms with E-state index in [4.69, 9.17) is 24.4 Å². The zero-order chi connectivity index (χ0) is 17.6. The fraction of sp³-hybridized carbons (Fsp3) is 0.375. The van der Waals surface area contributed by atoms with E-state index < -0.39 is 17.7 Å². The van der Waals surface area contributed by atoms with Crippen LogP contribution in [0.25, 0.3) is 0 Å². The number of nitrogens with one attached hydrogen (secondary N) is 1. The van der Waals surface area contributed by atoms with Gasteiger partial charge in [-0.25, -0.2) is 9.59 Å². The van der Waals surface area contributed by atoms with E-state index in [1.807, 2.05) is 24.3 Å². The predicted molar refractivity (Wildman–Crippen MR) is 82.8 cm³/mol. The molecule has 2 atom stereocenters. The normalized spacial score (nSPS) is 25.0. The van der Waals surface area contributed by atoms with E-state index in [1.165, 1.54) is 0 Å². The maximum absolute atomic E-state index is 9.55. The number of carboxylic acids is 2. The van der Waals surface area contributed by atoms with E-state index in [2.05, 4.69) is 5.32 Å². The summed E-state index contributed by atoms with van der Waals surface area (Å²) in [4.78, 5) is 19.1. The molecular formula is C16H19NO7. The number of rotatable bonds is 4. The molecule has 0 aliphatic carbocycles. The zero-order valence-electron chi connectivity index (χ0n) is 13.1. The summed E-state index contributed by atoms with van der Waals surface area (Å²) in [6.07, 6.45) is 1.27. The number of methoxy groups -OCH3 is 1. The second-order valence-electron chi connectivity index (χ2n) is 5.14. The Morgan fingerprint density at radius 2 is 1.96 bits per heavy atom. The summed E-state index contributed by atoms with van der Waals surface area (Å²) in [6, 6.07) is 7.84. The number of hydrogen-bond acceptors (Lipinski definition) is 6. The SMILES string of the molecule is COc1ccccc1C12CNCC(CO1)O2.O=C(O)/C=C\C(=O)O. The van der Waals surface area contributed by atoms with E-state index in [1.54, 1.807) is 7.11 Å². The lowest BCUT2D eigenvalue weighted by Gasteiger charge is -2.33. The molecule has 0 radical (unpaired) electrons. The number of carboxylic acid groups (broad SMARTS) is 2. The summed E-state index contributed by atoms with van der Waals surface area (Å²) in [5.41, 5.74) is 0.965. The van der Waals surface area contributed by atoms with Gasteiger partial charge in [0.15, 0.2) is 0 Å². The number of aliphatic carboxylic acids is 2. The maximum Gasteiger partial charge on any atom is 0.328 e. The van der Waals surface area contributed by atoms with Crippen molar-refractivity contribution in [2.24, 2.45) is 0 Å². The molecule has 8 heteroatoms. The minimum absolute atomic E-state index is 0.152. The molecule has 8 nitrogen and oxygen atoms in total. The average Bonchev–Trinajstić information content (AvgIpc) is 2.88. The van der Waals surface area contributed by atoms with Crippen molar-refractivity contribution in [3.63, 3.8) is 0 Å². The molecule has 3 rings (SSSR count). The lowest BCUT2D eigenvalue weighted by molar-refractivity contribution is -0.186. The van der Waals surface area contributed by atoms with E-state index in [-0.39, 0.29) is 6.10 Å². The van der Waals surface area contributed by atoms with Crippen LogP contribution in [0.5, 0.6) is 5.75 Å². The first-order valence-electron chi connectivity index (χ1n) is 7.27. The number of hydrogen-bond donors (Lipinski definition) is 3. The number of ether oxygens (including phenoxy) is 3. The van der Waals surface area contributed by atoms with Gasteiger partial charge in [-0.3, -0.25) is 0 Å². The molecular weight excluding hydrogens is 318 g/mol. The molecule has 2 aliphatic heterocycles. The van der Waals surface area contributed by atoms with E-state index in [9.17, 15) is 9.59 Å². The predicted octanol–water partition coefficient (Wildman–Crippen LogP) is 0.578. The molecule has 2 unspecified atom stereocenters. The smallest absolute Gasteiger partial charge is 0.328 e. The minimum Gasteiger partial charge on any atom is -0.496 e. The van der Waals surface area contributed by atoms with Gasteiger partial charge in [-0.1, -0.05) is 12.1 Å². The van der Waals surface area contributed by atoms with Crippen molar-refractivity contribution in [1.82, 2.24) is 5.32 Å². The van der Waals surface area contributed by atoms with Crippen LogP contribution in [0.2, 0.25) is 0 Å². The molecule has 0 spiro atoms. The standard InChI is InChI=1S/C12H15NO3.C4H4O4/c1-14-11-5-3-2-4-10(11)12-8-13-6-9(16-12)7-15-12;5-3(6)1-2-4(7)8/h2-5,9,13H,6-8H2,1H3;1-2H,(H,5,6)(H,7,8)/b;2-1-. The van der Waals surface area contributed by atoms with Crippen LogP contribution in [0.4, 0.5) is 0 Å². The van der Waals surface area contributed by atoms with E-state index in [0.29, 0.717) is 25.3 Å². The highest BCUT2D eigenvalue weighted by Crippen LogP contribution is 2.40. The van der Waals surface area contributed by atoms with Crippen molar-refractivity contribution in [2.75, 3.05) is 26.8 Å². The van der Waals surface area contributed by atoms with Gasteiger partial charge < -0.3 is 29.7 Å². The Hall–Kier alpha value is -2.42. The molecule has 3 N–H and O–H groups in total. The number of morpholine rings is 1. The first-order chi connectivity index (χ1) is 11.5. The molecule has 2 heterocycles. The lowest BCUT2D eigenvalue weighted by Crippen LogP contribution is -2.46. The zero-order valence-corrected chi connectivity index (χ0v) is 13.1. The molecule has 1 aromatic rings. The molecule has 0 amide bonds. The highest BCUT2D eigenvalue weighted by Gasteiger charge is 2.47. The van der Waals surface area contributed by atoms with Crippen LogP contribution in [0.1, 0.15) is 5.56 Å². The second kappa shape index (κ2) is 7.91. The quantitative estimate of drug-likeness (QED) is 0.684. The van der Waals surface area contributed by atoms with Crippen LogP contribution in [-0.4, -0.2) is 55.1 Å². The van der Waals surface area contributed by atoms with Gasteiger partial charge in [-0.15, -0.1) is 0 Å². The summed E-state index contributed by atoms with van der Waals surface area (Å²) < 4.78 is 17.1. The third-order valence-corrected chi connectivity index (χ3v) is 3.47. The van der Waals surface area contributed by atoms with Gasteiger partial charge in [0.25, 0.3) is 0 Å². The Morgan fingerprint density at radius 3 is 2.58 bits per heavy atom. The highest BCUT2D eigenvalue weighted by molar-refractivity contribution is 5.89. The van der Waals surface area contributed by atoms with E-state index in [0.717, 1.165) is 17.9 Å². The number of carbonyl (C=O) groups is 2. The average molecular weight is 337 g/mol. The van der Waals surface area contributed by atoms with Crippen LogP contribution in [0, 0.1) is 0 Å². The third-order valence-electron chi connectivity index (χ3n) is 3.47. The largest absolute Gasteiger partial charge is 0.496 e. The van der Waals surface area contributed by atoms with E-state index >= 15 is 0 Å². The summed E-state index contributed by atoms with van der Waals surface area (Å²) in [5.74, 6) is -2.36. The van der Waals surface area contributed by atoms with Gasteiger partial charge in [0, 0.05) is 18.7 Å². The first kappa shape index (κ1) is 17.9. The summed E-state index contributed by atoms with van der Waals surface area (Å²) in [5, 5.41) is 19.0. The van der Waals surface area contributed by atoms with Gasteiger partial charge in [-0.2, -0.15) is 0 Å². The summed E-state index contributed by atoms with van der Waals surface area (Å²) in [6.45, 7) is 2.17. The molecule has 2 saturated heterocycles. The van der Waals surface area contributed by atoms with Crippen molar-refractivity contribution in [3.05, 3.63) is 42.0 Å². The van der Waals surface area contributed by atoms with Crippen molar-refractivity contribution in [2.45, 2.75) is 11.9 Å². The Bertz CT molecular complexity index is 611. The summed E-state index contributed by atoms with van der Waals surface area (Å²) in [7, 11) is 1.66.